The summed E-state index contributed by atoms with van der Waals surface area (Å²) in [7, 11) is 1.72. The predicted octanol–water partition coefficient (Wildman–Crippen LogP) is 3.50. The number of aldehydes is 1. The zero-order valence-corrected chi connectivity index (χ0v) is 13.2. The molecule has 4 atom stereocenters. The van der Waals surface area contributed by atoms with Gasteiger partial charge in [-0.3, -0.25) is 0 Å². The van der Waals surface area contributed by atoms with E-state index in [4.69, 9.17) is 4.74 Å². The van der Waals surface area contributed by atoms with E-state index in [1.807, 2.05) is 13.0 Å². The molecule has 0 aromatic heterocycles. The Kier molecular flexibility index (Phi) is 7.46. The van der Waals surface area contributed by atoms with Gasteiger partial charge < -0.3 is 14.6 Å². The summed E-state index contributed by atoms with van der Waals surface area (Å²) in [6, 6.07) is 0. The zero-order valence-electron chi connectivity index (χ0n) is 13.2. The standard InChI is InChI=1S/C17H30O3/c1-4-5-6-11-17(2,19)12-9-14-7-8-16(20-3)15(14)10-13-18/h9,12-16,19H,4-8,10-11H2,1-3H3/b12-9+/t14?,15-,16+,17?/m1/s1. The Labute approximate surface area is 123 Å². The first-order valence-corrected chi connectivity index (χ1v) is 7.92. The molecule has 1 N–H and O–H groups in total. The molecule has 0 radical (unpaired) electrons. The molecule has 1 aliphatic carbocycles. The van der Waals surface area contributed by atoms with Crippen molar-refractivity contribution in [3.63, 3.8) is 0 Å². The van der Waals surface area contributed by atoms with Gasteiger partial charge in [-0.1, -0.05) is 38.3 Å². The summed E-state index contributed by atoms with van der Waals surface area (Å²) in [4.78, 5) is 10.8. The lowest BCUT2D eigenvalue weighted by atomic mass is 9.89. The van der Waals surface area contributed by atoms with Gasteiger partial charge in [-0.25, -0.2) is 0 Å². The molecule has 2 unspecified atom stereocenters. The van der Waals surface area contributed by atoms with Gasteiger partial charge in [0.1, 0.15) is 6.29 Å². The number of methoxy groups -OCH3 is 1. The molecule has 0 aromatic carbocycles. The fourth-order valence-corrected chi connectivity index (χ4v) is 3.18. The third-order valence-corrected chi connectivity index (χ3v) is 4.47. The topological polar surface area (TPSA) is 46.5 Å². The summed E-state index contributed by atoms with van der Waals surface area (Å²) in [5.41, 5.74) is -0.730. The van der Waals surface area contributed by atoms with E-state index in [9.17, 15) is 9.90 Å². The van der Waals surface area contributed by atoms with E-state index < -0.39 is 5.60 Å². The van der Waals surface area contributed by atoms with E-state index in [1.165, 1.54) is 6.42 Å². The Balaban J connectivity index is 2.56. The number of hydrogen-bond donors (Lipinski definition) is 1. The number of allylic oxidation sites excluding steroid dienone is 1. The highest BCUT2D eigenvalue weighted by molar-refractivity contribution is 5.50. The Bertz CT molecular complexity index is 309. The van der Waals surface area contributed by atoms with Crippen LogP contribution in [0.5, 0.6) is 0 Å². The van der Waals surface area contributed by atoms with Crippen LogP contribution < -0.4 is 0 Å². The van der Waals surface area contributed by atoms with E-state index in [2.05, 4.69) is 13.0 Å². The Morgan fingerprint density at radius 1 is 1.35 bits per heavy atom. The highest BCUT2D eigenvalue weighted by Crippen LogP contribution is 2.37. The molecule has 0 heterocycles. The van der Waals surface area contributed by atoms with Gasteiger partial charge >= 0.3 is 0 Å². The van der Waals surface area contributed by atoms with Crippen LogP contribution in [0.25, 0.3) is 0 Å². The smallest absolute Gasteiger partial charge is 0.120 e. The van der Waals surface area contributed by atoms with Crippen molar-refractivity contribution < 1.29 is 14.6 Å². The molecule has 0 bridgehead atoms. The number of unbranched alkanes of at least 4 members (excludes halogenated alkanes) is 2. The van der Waals surface area contributed by atoms with E-state index >= 15 is 0 Å². The minimum Gasteiger partial charge on any atom is -0.386 e. The van der Waals surface area contributed by atoms with Crippen molar-refractivity contribution in [2.45, 2.75) is 70.5 Å². The summed E-state index contributed by atoms with van der Waals surface area (Å²) in [5, 5.41) is 10.4. The average Bonchev–Trinajstić information content (AvgIpc) is 2.79. The second-order valence-electron chi connectivity index (χ2n) is 6.25. The molecule has 0 aromatic rings. The largest absolute Gasteiger partial charge is 0.386 e. The monoisotopic (exact) mass is 282 g/mol. The first-order valence-electron chi connectivity index (χ1n) is 7.92. The molecule has 3 nitrogen and oxygen atoms in total. The van der Waals surface area contributed by atoms with Gasteiger partial charge in [-0.15, -0.1) is 0 Å². The molecular weight excluding hydrogens is 252 g/mol. The molecule has 0 amide bonds. The summed E-state index contributed by atoms with van der Waals surface area (Å²) in [5.74, 6) is 0.614. The van der Waals surface area contributed by atoms with Gasteiger partial charge in [0.25, 0.3) is 0 Å². The lowest BCUT2D eigenvalue weighted by Gasteiger charge is -2.22. The summed E-state index contributed by atoms with van der Waals surface area (Å²) in [6.07, 6.45) is 12.0. The van der Waals surface area contributed by atoms with Crippen LogP contribution in [0.2, 0.25) is 0 Å². The quantitative estimate of drug-likeness (QED) is 0.400. The van der Waals surface area contributed by atoms with Crippen LogP contribution in [0.4, 0.5) is 0 Å². The first kappa shape index (κ1) is 17.4. The van der Waals surface area contributed by atoms with E-state index in [0.717, 1.165) is 38.4 Å². The number of ether oxygens (including phenoxy) is 1. The van der Waals surface area contributed by atoms with Crippen LogP contribution in [0.3, 0.4) is 0 Å². The minimum absolute atomic E-state index is 0.180. The molecule has 0 saturated heterocycles. The minimum atomic E-state index is -0.730. The number of aliphatic hydroxyl groups is 1. The second-order valence-corrected chi connectivity index (χ2v) is 6.25. The van der Waals surface area contributed by atoms with Gasteiger partial charge in [-0.2, -0.15) is 0 Å². The van der Waals surface area contributed by atoms with E-state index in [-0.39, 0.29) is 12.0 Å². The maximum atomic E-state index is 10.8. The number of rotatable bonds is 9. The van der Waals surface area contributed by atoms with Crippen molar-refractivity contribution in [2.75, 3.05) is 7.11 Å². The normalized spacial score (nSPS) is 29.7. The molecule has 1 rings (SSSR count). The fraction of sp³-hybridized carbons (Fsp3) is 0.824. The van der Waals surface area contributed by atoms with Gasteiger partial charge in [0, 0.05) is 13.5 Å². The molecule has 1 fully saturated rings. The number of carbonyl (C=O) groups excluding carboxylic acids is 1. The molecule has 1 saturated carbocycles. The highest BCUT2D eigenvalue weighted by Gasteiger charge is 2.34. The third kappa shape index (κ3) is 5.37. The number of carbonyl (C=O) groups is 1. The Morgan fingerprint density at radius 2 is 2.10 bits per heavy atom. The molecule has 20 heavy (non-hydrogen) atoms. The lowest BCUT2D eigenvalue weighted by Crippen LogP contribution is -2.23. The van der Waals surface area contributed by atoms with E-state index in [1.54, 1.807) is 7.11 Å². The molecule has 0 aliphatic heterocycles. The van der Waals surface area contributed by atoms with Crippen molar-refractivity contribution in [1.29, 1.82) is 0 Å². The van der Waals surface area contributed by atoms with Gasteiger partial charge in [0.05, 0.1) is 11.7 Å². The molecule has 0 spiro atoms. The Morgan fingerprint density at radius 3 is 2.70 bits per heavy atom. The van der Waals surface area contributed by atoms with Crippen LogP contribution in [0.15, 0.2) is 12.2 Å². The van der Waals surface area contributed by atoms with Crippen molar-refractivity contribution in [3.05, 3.63) is 12.2 Å². The third-order valence-electron chi connectivity index (χ3n) is 4.47. The molecule has 1 aliphatic rings. The second kappa shape index (κ2) is 8.58. The fourth-order valence-electron chi connectivity index (χ4n) is 3.18. The Hall–Kier alpha value is -0.670. The zero-order chi connectivity index (χ0) is 15.0. The van der Waals surface area contributed by atoms with Gasteiger partial charge in [-0.05, 0) is 38.0 Å². The summed E-state index contributed by atoms with van der Waals surface area (Å²) >= 11 is 0. The summed E-state index contributed by atoms with van der Waals surface area (Å²) in [6.45, 7) is 4.04. The van der Waals surface area contributed by atoms with Crippen LogP contribution in [0, 0.1) is 11.8 Å². The van der Waals surface area contributed by atoms with Crippen molar-refractivity contribution in [3.8, 4) is 0 Å². The van der Waals surface area contributed by atoms with Crippen LogP contribution in [-0.2, 0) is 9.53 Å². The SMILES string of the molecule is CCCCCC(C)(O)/C=C/C1CC[C@H](OC)[C@@H]1CC=O. The van der Waals surface area contributed by atoms with Crippen molar-refractivity contribution in [1.82, 2.24) is 0 Å². The van der Waals surface area contributed by atoms with Crippen molar-refractivity contribution in [2.24, 2.45) is 11.8 Å². The number of hydrogen-bond acceptors (Lipinski definition) is 3. The maximum Gasteiger partial charge on any atom is 0.120 e. The predicted molar refractivity (Wildman–Crippen MR) is 81.6 cm³/mol. The molecular formula is C17H30O3. The van der Waals surface area contributed by atoms with Crippen LogP contribution in [-0.4, -0.2) is 30.2 Å². The first-order chi connectivity index (χ1) is 9.54. The van der Waals surface area contributed by atoms with Crippen LogP contribution in [0.1, 0.15) is 58.8 Å². The van der Waals surface area contributed by atoms with Gasteiger partial charge in [0.15, 0.2) is 0 Å². The van der Waals surface area contributed by atoms with E-state index in [0.29, 0.717) is 12.3 Å². The summed E-state index contributed by atoms with van der Waals surface area (Å²) < 4.78 is 5.46. The van der Waals surface area contributed by atoms with Gasteiger partial charge in [0.2, 0.25) is 0 Å². The molecule has 116 valence electrons. The molecule has 3 heteroatoms. The lowest BCUT2D eigenvalue weighted by molar-refractivity contribution is -0.109. The van der Waals surface area contributed by atoms with Crippen molar-refractivity contribution >= 4 is 6.29 Å². The highest BCUT2D eigenvalue weighted by atomic mass is 16.5. The maximum absolute atomic E-state index is 10.8. The average molecular weight is 282 g/mol. The van der Waals surface area contributed by atoms with Crippen LogP contribution >= 0.6 is 0 Å².